The van der Waals surface area contributed by atoms with E-state index in [1.807, 2.05) is 0 Å². The number of hydrogen-bond donors (Lipinski definition) is 0. The molecule has 43 heavy (non-hydrogen) atoms. The molecule has 0 saturated heterocycles. The van der Waals surface area contributed by atoms with Crippen molar-refractivity contribution in [2.24, 2.45) is 11.3 Å². The molecule has 2 aromatic carbocycles. The normalized spacial score (nSPS) is 24.6. The first-order valence-electron chi connectivity index (χ1n) is 16.0. The number of fused-ring (bicyclic) bond motifs is 3. The van der Waals surface area contributed by atoms with Crippen molar-refractivity contribution in [1.82, 2.24) is 0 Å². The maximum Gasteiger partial charge on any atom is 0.311 e. The van der Waals surface area contributed by atoms with Crippen LogP contribution in [0.1, 0.15) is 99.8 Å². The van der Waals surface area contributed by atoms with Crippen LogP contribution in [-0.4, -0.2) is 35.3 Å². The Morgan fingerprint density at radius 3 is 2.14 bits per heavy atom. The number of carbonyl (C=O) groups is 2. The fraction of sp³-hybridized carbons (Fsp3) is 0.568. The molecule has 1 fully saturated rings. The van der Waals surface area contributed by atoms with Crippen molar-refractivity contribution in [2.45, 2.75) is 117 Å². The Morgan fingerprint density at radius 1 is 0.977 bits per heavy atom. The Bertz CT molecular complexity index is 1430. The van der Waals surface area contributed by atoms with E-state index in [2.05, 4.69) is 109 Å². The lowest BCUT2D eigenvalue weighted by Gasteiger charge is -2.54. The highest BCUT2D eigenvalue weighted by molar-refractivity contribution is 6.82. The molecular weight excluding hydrogens is 565 g/mol. The molecule has 0 aromatic heterocycles. The minimum absolute atomic E-state index is 0.0335. The smallest absolute Gasteiger partial charge is 0.311 e. The summed E-state index contributed by atoms with van der Waals surface area (Å²) in [6, 6.07) is 12.8. The first-order valence-corrected chi connectivity index (χ1v) is 22.5. The summed E-state index contributed by atoms with van der Waals surface area (Å²) in [5.41, 5.74) is 8.24. The van der Waals surface area contributed by atoms with E-state index in [9.17, 15) is 9.59 Å². The maximum absolute atomic E-state index is 13.9. The van der Waals surface area contributed by atoms with E-state index in [1.54, 1.807) is 6.92 Å². The highest BCUT2D eigenvalue weighted by Gasteiger charge is 2.56. The van der Waals surface area contributed by atoms with Gasteiger partial charge in [0.05, 0.1) is 26.2 Å². The number of ketones is 1. The van der Waals surface area contributed by atoms with Crippen molar-refractivity contribution in [3.63, 3.8) is 0 Å². The zero-order valence-corrected chi connectivity index (χ0v) is 30.8. The van der Waals surface area contributed by atoms with Gasteiger partial charge < -0.3 is 9.16 Å². The number of Topliss-reactive ketones (excluding diaryl/α,β-unsaturated/α-hetero) is 1. The van der Waals surface area contributed by atoms with Gasteiger partial charge in [0.25, 0.3) is 8.32 Å². The van der Waals surface area contributed by atoms with Crippen LogP contribution < -0.4 is 4.43 Å². The highest BCUT2D eigenvalue weighted by Crippen LogP contribution is 2.59. The van der Waals surface area contributed by atoms with Crippen LogP contribution in [0.4, 0.5) is 0 Å². The van der Waals surface area contributed by atoms with Gasteiger partial charge in [-0.15, -0.1) is 0 Å². The maximum atomic E-state index is 13.9. The number of ether oxygens (including phenoxy) is 1. The van der Waals surface area contributed by atoms with Crippen molar-refractivity contribution in [2.75, 3.05) is 7.11 Å². The van der Waals surface area contributed by atoms with E-state index in [0.717, 1.165) is 54.6 Å². The first kappa shape index (κ1) is 33.4. The minimum atomic E-state index is -2.31. The van der Waals surface area contributed by atoms with Crippen LogP contribution in [0.25, 0.3) is 5.57 Å². The Hall–Kier alpha value is -2.45. The molecule has 2 aromatic rings. The van der Waals surface area contributed by atoms with Crippen molar-refractivity contribution in [3.05, 3.63) is 69.9 Å². The van der Waals surface area contributed by atoms with Gasteiger partial charge in [-0.2, -0.15) is 0 Å². The topological polar surface area (TPSA) is 52.6 Å². The molecule has 0 spiro atoms. The van der Waals surface area contributed by atoms with Crippen LogP contribution in [0.5, 0.6) is 5.75 Å². The van der Waals surface area contributed by atoms with Gasteiger partial charge in [0.15, 0.2) is 5.78 Å². The Balaban J connectivity index is 2.15. The predicted octanol–water partition coefficient (Wildman–Crippen LogP) is 9.77. The molecule has 0 unspecified atom stereocenters. The quantitative estimate of drug-likeness (QED) is 0.176. The summed E-state index contributed by atoms with van der Waals surface area (Å²) in [4.78, 5) is 27.2. The average Bonchev–Trinajstić information content (AvgIpc) is 2.89. The molecule has 0 radical (unpaired) electrons. The molecule has 2 aliphatic rings. The average molecular weight is 619 g/mol. The van der Waals surface area contributed by atoms with E-state index < -0.39 is 21.8 Å². The molecule has 0 heterocycles. The van der Waals surface area contributed by atoms with Crippen LogP contribution in [0.3, 0.4) is 0 Å². The van der Waals surface area contributed by atoms with Gasteiger partial charge in [0, 0.05) is 0 Å². The molecule has 0 N–H and O–H groups in total. The third-order valence-corrected chi connectivity index (χ3v) is 16.2. The van der Waals surface area contributed by atoms with Crippen molar-refractivity contribution >= 4 is 33.7 Å². The molecule has 234 valence electrons. The lowest BCUT2D eigenvalue weighted by Crippen LogP contribution is -2.53. The molecule has 6 heteroatoms. The van der Waals surface area contributed by atoms with Gasteiger partial charge in [-0.05, 0) is 103 Å². The number of hydrogen-bond acceptors (Lipinski definition) is 4. The molecular formula is C37H54O4Si2. The summed E-state index contributed by atoms with van der Waals surface area (Å²) in [6.45, 7) is 24.5. The van der Waals surface area contributed by atoms with Gasteiger partial charge in [-0.25, -0.2) is 0 Å². The van der Waals surface area contributed by atoms with E-state index in [1.165, 1.54) is 18.2 Å². The summed E-state index contributed by atoms with van der Waals surface area (Å²) in [5, 5.41) is -0.0335. The summed E-state index contributed by atoms with van der Waals surface area (Å²) < 4.78 is 12.6. The standard InChI is InChI=1S/C37H54O4Si2/c1-25(38)32-30(41-43(11,12)35(2,3)4)23-29-27(33(32)28(24-42(8,9)10)26-17-14-13-15-18-26)19-20-31-36(29,5)21-16-22-37(31,6)34(39)40-7/h13-15,17-18,23-24,31H,16,19-22H2,1-12H3/b28-24+/t31-,36-,37+/m1/s1. The molecule has 4 rings (SSSR count). The second-order valence-corrected chi connectivity index (χ2v) is 25.9. The van der Waals surface area contributed by atoms with Gasteiger partial charge in [0.2, 0.25) is 0 Å². The molecule has 2 aliphatic carbocycles. The number of methoxy groups -OCH3 is 1. The summed E-state index contributed by atoms with van der Waals surface area (Å²) in [6.07, 6.45) is 4.49. The Morgan fingerprint density at radius 2 is 1.60 bits per heavy atom. The molecule has 3 atom stereocenters. The van der Waals surface area contributed by atoms with Crippen molar-refractivity contribution in [3.8, 4) is 5.75 Å². The third-order valence-electron chi connectivity index (χ3n) is 10.7. The van der Waals surface area contributed by atoms with E-state index in [-0.39, 0.29) is 28.1 Å². The number of rotatable bonds is 7. The number of benzene rings is 2. The van der Waals surface area contributed by atoms with Gasteiger partial charge >= 0.3 is 5.97 Å². The van der Waals surface area contributed by atoms with E-state index in [4.69, 9.17) is 9.16 Å². The van der Waals surface area contributed by atoms with Crippen LogP contribution in [-0.2, 0) is 21.4 Å². The van der Waals surface area contributed by atoms with Gasteiger partial charge in [-0.3, -0.25) is 9.59 Å². The lowest BCUT2D eigenvalue weighted by molar-refractivity contribution is -0.161. The number of carbonyl (C=O) groups excluding carboxylic acids is 2. The zero-order valence-electron chi connectivity index (χ0n) is 28.8. The molecule has 0 aliphatic heterocycles. The highest BCUT2D eigenvalue weighted by atomic mass is 28.4. The summed E-state index contributed by atoms with van der Waals surface area (Å²) in [7, 11) is -2.53. The minimum Gasteiger partial charge on any atom is -0.543 e. The second kappa shape index (κ2) is 11.5. The molecule has 4 nitrogen and oxygen atoms in total. The lowest BCUT2D eigenvalue weighted by atomic mass is 9.49. The fourth-order valence-electron chi connectivity index (χ4n) is 7.57. The fourth-order valence-corrected chi connectivity index (χ4v) is 9.77. The number of esters is 1. The second-order valence-electron chi connectivity index (χ2n) is 16.1. The van der Waals surface area contributed by atoms with E-state index >= 15 is 0 Å². The molecule has 0 amide bonds. The monoisotopic (exact) mass is 618 g/mol. The van der Waals surface area contributed by atoms with Crippen molar-refractivity contribution < 1.29 is 18.8 Å². The van der Waals surface area contributed by atoms with Gasteiger partial charge in [-0.1, -0.05) is 89.8 Å². The van der Waals surface area contributed by atoms with Crippen LogP contribution in [0.15, 0.2) is 42.1 Å². The molecule has 0 bridgehead atoms. The Kier molecular flexibility index (Phi) is 8.93. The van der Waals surface area contributed by atoms with E-state index in [0.29, 0.717) is 5.56 Å². The summed E-state index contributed by atoms with van der Waals surface area (Å²) in [5.74, 6) is 0.803. The van der Waals surface area contributed by atoms with Crippen LogP contribution >= 0.6 is 0 Å². The summed E-state index contributed by atoms with van der Waals surface area (Å²) >= 11 is 0. The third kappa shape index (κ3) is 6.11. The van der Waals surface area contributed by atoms with Crippen LogP contribution in [0.2, 0.25) is 37.8 Å². The van der Waals surface area contributed by atoms with Gasteiger partial charge in [0.1, 0.15) is 5.75 Å². The zero-order chi connectivity index (χ0) is 32.2. The van der Waals surface area contributed by atoms with Crippen LogP contribution in [0, 0.1) is 11.3 Å². The van der Waals surface area contributed by atoms with Crippen molar-refractivity contribution in [1.29, 1.82) is 0 Å². The first-order chi connectivity index (χ1) is 19.8. The Labute approximate surface area is 262 Å². The molecule has 1 saturated carbocycles. The largest absolute Gasteiger partial charge is 0.543 e. The predicted molar refractivity (Wildman–Crippen MR) is 184 cm³/mol. The SMILES string of the molecule is COC(=O)[C@@]1(C)CCC[C@]2(C)c3cc(O[Si](C)(C)C(C)(C)C)c(C(C)=O)c(/C(=C/[Si](C)(C)C)c4ccccc4)c3CC[C@@H]12.